The van der Waals surface area contributed by atoms with Gasteiger partial charge in [0.2, 0.25) is 0 Å². The molecular weight excluding hydrogens is 236 g/mol. The van der Waals surface area contributed by atoms with Crippen molar-refractivity contribution in [2.75, 3.05) is 6.54 Å². The molecule has 0 saturated carbocycles. The van der Waals surface area contributed by atoms with Gasteiger partial charge in [-0.1, -0.05) is 0 Å². The number of carbonyl (C=O) groups excluding carboxylic acids is 1. The van der Waals surface area contributed by atoms with Crippen LogP contribution >= 0.6 is 11.3 Å². The van der Waals surface area contributed by atoms with E-state index in [0.29, 0.717) is 12.2 Å². The molecule has 90 valence electrons. The molecule has 0 saturated heterocycles. The average Bonchev–Trinajstić information content (AvgIpc) is 2.88. The van der Waals surface area contributed by atoms with E-state index in [1.807, 2.05) is 19.2 Å². The number of nitrogens with one attached hydrogen (secondary N) is 2. The van der Waals surface area contributed by atoms with Crippen molar-refractivity contribution in [3.05, 3.63) is 33.5 Å². The van der Waals surface area contributed by atoms with Crippen molar-refractivity contribution in [3.8, 4) is 0 Å². The normalized spacial score (nSPS) is 10.5. The summed E-state index contributed by atoms with van der Waals surface area (Å²) in [5.74, 6) is -0.152. The van der Waals surface area contributed by atoms with Gasteiger partial charge in [0.25, 0.3) is 5.91 Å². The van der Waals surface area contributed by atoms with Crippen LogP contribution in [0, 0.1) is 13.8 Å². The van der Waals surface area contributed by atoms with Gasteiger partial charge < -0.3 is 5.32 Å². The molecule has 0 aliphatic heterocycles. The van der Waals surface area contributed by atoms with Crippen LogP contribution in [-0.2, 0) is 6.42 Å². The Hall–Kier alpha value is -1.69. The molecule has 0 bridgehead atoms. The highest BCUT2D eigenvalue weighted by atomic mass is 32.1. The number of rotatable bonds is 4. The highest BCUT2D eigenvalue weighted by Crippen LogP contribution is 2.07. The van der Waals surface area contributed by atoms with Gasteiger partial charge in [0.15, 0.2) is 0 Å². The van der Waals surface area contributed by atoms with Gasteiger partial charge in [0, 0.05) is 24.0 Å². The lowest BCUT2D eigenvalue weighted by Gasteiger charge is -2.00. The molecule has 2 aromatic heterocycles. The predicted octanol–water partition coefficient (Wildman–Crippen LogP) is 1.46. The molecule has 0 radical (unpaired) electrons. The molecule has 17 heavy (non-hydrogen) atoms. The van der Waals surface area contributed by atoms with E-state index in [4.69, 9.17) is 0 Å². The van der Waals surface area contributed by atoms with Crippen LogP contribution in [0.2, 0.25) is 0 Å². The summed E-state index contributed by atoms with van der Waals surface area (Å²) in [6.07, 6.45) is 0.749. The molecule has 0 unspecified atom stereocenters. The lowest BCUT2D eigenvalue weighted by atomic mass is 10.3. The summed E-state index contributed by atoms with van der Waals surface area (Å²) in [5.41, 5.74) is 2.33. The maximum absolute atomic E-state index is 11.6. The number of nitrogens with zero attached hydrogens (tertiary/aromatic N) is 2. The van der Waals surface area contributed by atoms with Crippen molar-refractivity contribution in [2.45, 2.75) is 20.3 Å². The van der Waals surface area contributed by atoms with Crippen LogP contribution in [0.4, 0.5) is 0 Å². The van der Waals surface area contributed by atoms with Gasteiger partial charge >= 0.3 is 0 Å². The van der Waals surface area contributed by atoms with Crippen LogP contribution in [0.3, 0.4) is 0 Å². The number of hydrogen-bond acceptors (Lipinski definition) is 4. The SMILES string of the molecule is Cc1cc(C(=O)NCCc2csc(C)n2)n[nH]1. The minimum atomic E-state index is -0.152. The second kappa shape index (κ2) is 5.09. The molecule has 2 heterocycles. The zero-order chi connectivity index (χ0) is 12.3. The smallest absolute Gasteiger partial charge is 0.271 e. The zero-order valence-electron chi connectivity index (χ0n) is 9.78. The van der Waals surface area contributed by atoms with Gasteiger partial charge in [-0.3, -0.25) is 9.89 Å². The number of amides is 1. The minimum Gasteiger partial charge on any atom is -0.350 e. The third-order valence-corrected chi connectivity index (χ3v) is 3.09. The van der Waals surface area contributed by atoms with E-state index in [9.17, 15) is 4.79 Å². The molecule has 2 aromatic rings. The Kier molecular flexibility index (Phi) is 3.53. The van der Waals surface area contributed by atoms with E-state index in [0.717, 1.165) is 22.8 Å². The molecule has 5 nitrogen and oxygen atoms in total. The minimum absolute atomic E-state index is 0.152. The number of hydrogen-bond donors (Lipinski definition) is 2. The number of H-pyrrole nitrogens is 1. The first-order valence-corrected chi connectivity index (χ1v) is 6.24. The Morgan fingerprint density at radius 1 is 1.53 bits per heavy atom. The highest BCUT2D eigenvalue weighted by molar-refractivity contribution is 7.09. The first-order valence-electron chi connectivity index (χ1n) is 5.36. The first-order chi connectivity index (χ1) is 8.15. The van der Waals surface area contributed by atoms with Crippen molar-refractivity contribution in [3.63, 3.8) is 0 Å². The number of aryl methyl sites for hydroxylation is 2. The van der Waals surface area contributed by atoms with Crippen molar-refractivity contribution in [2.24, 2.45) is 0 Å². The van der Waals surface area contributed by atoms with Crippen LogP contribution in [0.5, 0.6) is 0 Å². The molecule has 2 rings (SSSR count). The summed E-state index contributed by atoms with van der Waals surface area (Å²) in [7, 11) is 0. The second-order valence-corrected chi connectivity index (χ2v) is 4.86. The molecular formula is C11H14N4OS. The quantitative estimate of drug-likeness (QED) is 0.863. The number of carbonyl (C=O) groups is 1. The van der Waals surface area contributed by atoms with E-state index in [2.05, 4.69) is 20.5 Å². The van der Waals surface area contributed by atoms with Gasteiger partial charge in [-0.05, 0) is 19.9 Å². The molecule has 1 amide bonds. The van der Waals surface area contributed by atoms with Gasteiger partial charge in [-0.25, -0.2) is 4.98 Å². The summed E-state index contributed by atoms with van der Waals surface area (Å²) in [6.45, 7) is 4.41. The maximum atomic E-state index is 11.6. The largest absolute Gasteiger partial charge is 0.350 e. The second-order valence-electron chi connectivity index (χ2n) is 3.80. The monoisotopic (exact) mass is 250 g/mol. The molecule has 0 fully saturated rings. The number of thiazole rings is 1. The van der Waals surface area contributed by atoms with Gasteiger partial charge in [-0.2, -0.15) is 5.10 Å². The Morgan fingerprint density at radius 2 is 2.35 bits per heavy atom. The van der Waals surface area contributed by atoms with E-state index >= 15 is 0 Å². The van der Waals surface area contributed by atoms with Crippen molar-refractivity contribution in [1.82, 2.24) is 20.5 Å². The first kappa shape index (κ1) is 11.8. The summed E-state index contributed by atoms with van der Waals surface area (Å²) in [6, 6.07) is 1.72. The fourth-order valence-corrected chi connectivity index (χ4v) is 2.10. The number of aromatic nitrogens is 3. The van der Waals surface area contributed by atoms with E-state index in [1.165, 1.54) is 0 Å². The van der Waals surface area contributed by atoms with Gasteiger partial charge in [0.05, 0.1) is 10.7 Å². The molecule has 0 atom stereocenters. The Balaban J connectivity index is 1.81. The van der Waals surface area contributed by atoms with Crippen molar-refractivity contribution in [1.29, 1.82) is 0 Å². The van der Waals surface area contributed by atoms with Gasteiger partial charge in [0.1, 0.15) is 5.69 Å². The van der Waals surface area contributed by atoms with Gasteiger partial charge in [-0.15, -0.1) is 11.3 Å². The summed E-state index contributed by atoms with van der Waals surface area (Å²) in [5, 5.41) is 12.5. The molecule has 0 aliphatic rings. The Bertz CT molecular complexity index is 517. The fraction of sp³-hybridized carbons (Fsp3) is 0.364. The molecule has 0 aromatic carbocycles. The summed E-state index contributed by atoms with van der Waals surface area (Å²) >= 11 is 1.62. The van der Waals surface area contributed by atoms with E-state index < -0.39 is 0 Å². The number of aromatic amines is 1. The topological polar surface area (TPSA) is 70.7 Å². The zero-order valence-corrected chi connectivity index (χ0v) is 10.6. The van der Waals surface area contributed by atoms with Crippen LogP contribution < -0.4 is 5.32 Å². The average molecular weight is 250 g/mol. The highest BCUT2D eigenvalue weighted by Gasteiger charge is 2.08. The molecule has 2 N–H and O–H groups in total. The third kappa shape index (κ3) is 3.13. The van der Waals surface area contributed by atoms with Crippen LogP contribution in [-0.4, -0.2) is 27.6 Å². The molecule has 0 spiro atoms. The Labute approximate surface area is 103 Å². The lowest BCUT2D eigenvalue weighted by molar-refractivity contribution is 0.0949. The summed E-state index contributed by atoms with van der Waals surface area (Å²) < 4.78 is 0. The predicted molar refractivity (Wildman–Crippen MR) is 66.2 cm³/mol. The Morgan fingerprint density at radius 3 is 2.94 bits per heavy atom. The van der Waals surface area contributed by atoms with Crippen molar-refractivity contribution >= 4 is 17.2 Å². The van der Waals surface area contributed by atoms with E-state index in [-0.39, 0.29) is 5.91 Å². The molecule has 6 heteroatoms. The van der Waals surface area contributed by atoms with Crippen LogP contribution in [0.1, 0.15) is 26.9 Å². The van der Waals surface area contributed by atoms with Crippen LogP contribution in [0.25, 0.3) is 0 Å². The van der Waals surface area contributed by atoms with Crippen LogP contribution in [0.15, 0.2) is 11.4 Å². The lowest BCUT2D eigenvalue weighted by Crippen LogP contribution is -2.26. The van der Waals surface area contributed by atoms with E-state index in [1.54, 1.807) is 17.4 Å². The fourth-order valence-electron chi connectivity index (χ4n) is 1.45. The summed E-state index contributed by atoms with van der Waals surface area (Å²) in [4.78, 5) is 16.0. The van der Waals surface area contributed by atoms with Crippen molar-refractivity contribution < 1.29 is 4.79 Å². The third-order valence-electron chi connectivity index (χ3n) is 2.27. The standard InChI is InChI=1S/C11H14N4OS/c1-7-5-10(15-14-7)11(16)12-4-3-9-6-17-8(2)13-9/h5-6H,3-4H2,1-2H3,(H,12,16)(H,14,15). The maximum Gasteiger partial charge on any atom is 0.271 e. The molecule has 0 aliphatic carbocycles.